The molecular formula is C22H22N2O5. The number of rotatable bonds is 5. The van der Waals surface area contributed by atoms with E-state index in [1.807, 2.05) is 12.1 Å². The quantitative estimate of drug-likeness (QED) is 0.836. The fourth-order valence-corrected chi connectivity index (χ4v) is 3.73. The third-order valence-corrected chi connectivity index (χ3v) is 5.23. The summed E-state index contributed by atoms with van der Waals surface area (Å²) >= 11 is 0. The van der Waals surface area contributed by atoms with E-state index >= 15 is 0 Å². The smallest absolute Gasteiger partial charge is 0.305 e. The highest BCUT2D eigenvalue weighted by molar-refractivity contribution is 5.96. The highest BCUT2D eigenvalue weighted by atomic mass is 16.5. The molecule has 1 heterocycles. The Morgan fingerprint density at radius 1 is 1.21 bits per heavy atom. The van der Waals surface area contributed by atoms with Crippen LogP contribution in [-0.4, -0.2) is 42.6 Å². The van der Waals surface area contributed by atoms with Gasteiger partial charge in [0.15, 0.2) is 11.5 Å². The summed E-state index contributed by atoms with van der Waals surface area (Å²) in [6.07, 6.45) is 0.333. The first-order valence-electron chi connectivity index (χ1n) is 9.18. The molecule has 2 aromatic carbocycles. The standard InChI is InChI=1S/C22H22N2O5/c1-13-4-5-14(12-23)8-16(13)22(27)24-7-6-15-9-19(28-2)20(29-3)10-17(15)18(24)11-21(25)26/h4-5,8-10,18H,6-7,11H2,1-3H3,(H,25,26). The van der Waals surface area contributed by atoms with Crippen LogP contribution in [0.25, 0.3) is 0 Å². The van der Waals surface area contributed by atoms with Gasteiger partial charge in [-0.2, -0.15) is 5.26 Å². The van der Waals surface area contributed by atoms with E-state index in [1.165, 1.54) is 7.11 Å². The molecule has 2 aromatic rings. The molecule has 0 aliphatic carbocycles. The number of methoxy groups -OCH3 is 2. The number of hydrogen-bond acceptors (Lipinski definition) is 5. The Morgan fingerprint density at radius 3 is 2.52 bits per heavy atom. The molecule has 3 rings (SSSR count). The SMILES string of the molecule is COc1cc2c(cc1OC)C(CC(=O)O)N(C(=O)c1cc(C#N)ccc1C)CC2. The molecule has 1 aliphatic rings. The Morgan fingerprint density at radius 2 is 1.90 bits per heavy atom. The van der Waals surface area contributed by atoms with Crippen molar-refractivity contribution in [1.29, 1.82) is 5.26 Å². The van der Waals surface area contributed by atoms with Crippen molar-refractivity contribution in [1.82, 2.24) is 4.90 Å². The van der Waals surface area contributed by atoms with E-state index < -0.39 is 12.0 Å². The minimum absolute atomic E-state index is 0.231. The van der Waals surface area contributed by atoms with Crippen LogP contribution in [-0.2, 0) is 11.2 Å². The summed E-state index contributed by atoms with van der Waals surface area (Å²) in [6, 6.07) is 9.93. The summed E-state index contributed by atoms with van der Waals surface area (Å²) in [5.74, 6) is -0.236. The molecule has 0 saturated heterocycles. The van der Waals surface area contributed by atoms with Gasteiger partial charge in [0, 0.05) is 12.1 Å². The summed E-state index contributed by atoms with van der Waals surface area (Å²) in [4.78, 5) is 26.5. The van der Waals surface area contributed by atoms with Crippen LogP contribution in [0.15, 0.2) is 30.3 Å². The van der Waals surface area contributed by atoms with Crippen LogP contribution in [0.2, 0.25) is 0 Å². The van der Waals surface area contributed by atoms with Crippen molar-refractivity contribution >= 4 is 11.9 Å². The number of benzene rings is 2. The maximum absolute atomic E-state index is 13.3. The second kappa shape index (κ2) is 8.23. The van der Waals surface area contributed by atoms with Gasteiger partial charge in [-0.15, -0.1) is 0 Å². The number of amides is 1. The van der Waals surface area contributed by atoms with Gasteiger partial charge in [-0.1, -0.05) is 6.07 Å². The number of aryl methyl sites for hydroxylation is 1. The first kappa shape index (κ1) is 20.2. The fourth-order valence-electron chi connectivity index (χ4n) is 3.73. The molecule has 7 nitrogen and oxygen atoms in total. The van der Waals surface area contributed by atoms with E-state index in [4.69, 9.17) is 9.47 Å². The molecular weight excluding hydrogens is 372 g/mol. The van der Waals surface area contributed by atoms with Crippen LogP contribution in [0.5, 0.6) is 11.5 Å². The lowest BCUT2D eigenvalue weighted by atomic mass is 9.89. The van der Waals surface area contributed by atoms with Crippen LogP contribution in [0.1, 0.15) is 45.1 Å². The molecule has 1 N–H and O–H groups in total. The first-order chi connectivity index (χ1) is 13.9. The first-order valence-corrected chi connectivity index (χ1v) is 9.18. The van der Waals surface area contributed by atoms with Gasteiger partial charge in [0.25, 0.3) is 5.91 Å². The molecule has 0 bridgehead atoms. The second-order valence-corrected chi connectivity index (χ2v) is 6.91. The van der Waals surface area contributed by atoms with Crippen molar-refractivity contribution in [2.24, 2.45) is 0 Å². The average Bonchev–Trinajstić information content (AvgIpc) is 2.72. The van der Waals surface area contributed by atoms with E-state index in [0.29, 0.717) is 35.6 Å². The molecule has 1 amide bonds. The lowest BCUT2D eigenvalue weighted by Crippen LogP contribution is -2.41. The van der Waals surface area contributed by atoms with Gasteiger partial charge in [-0.05, 0) is 54.3 Å². The Balaban J connectivity index is 2.08. The number of hydrogen-bond donors (Lipinski definition) is 1. The highest BCUT2D eigenvalue weighted by Crippen LogP contribution is 2.40. The van der Waals surface area contributed by atoms with Crippen LogP contribution < -0.4 is 9.47 Å². The molecule has 1 unspecified atom stereocenters. The third kappa shape index (κ3) is 3.87. The highest BCUT2D eigenvalue weighted by Gasteiger charge is 2.34. The lowest BCUT2D eigenvalue weighted by molar-refractivity contribution is -0.138. The number of carbonyl (C=O) groups is 2. The summed E-state index contributed by atoms with van der Waals surface area (Å²) in [7, 11) is 3.06. The molecule has 0 fully saturated rings. The van der Waals surface area contributed by atoms with E-state index in [-0.39, 0.29) is 12.3 Å². The number of carboxylic acid groups (broad SMARTS) is 1. The van der Waals surface area contributed by atoms with Crippen LogP contribution in [0.4, 0.5) is 0 Å². The Hall–Kier alpha value is -3.53. The van der Waals surface area contributed by atoms with Crippen LogP contribution in [0, 0.1) is 18.3 Å². The zero-order valence-corrected chi connectivity index (χ0v) is 16.6. The molecule has 7 heteroatoms. The molecule has 0 spiro atoms. The van der Waals surface area contributed by atoms with E-state index in [2.05, 4.69) is 0 Å². The van der Waals surface area contributed by atoms with Gasteiger partial charge < -0.3 is 19.5 Å². The Bertz CT molecular complexity index is 1010. The average molecular weight is 394 g/mol. The van der Waals surface area contributed by atoms with E-state index in [9.17, 15) is 20.0 Å². The maximum atomic E-state index is 13.3. The number of nitriles is 1. The van der Waals surface area contributed by atoms with Gasteiger partial charge in [0.1, 0.15) is 0 Å². The van der Waals surface area contributed by atoms with Crippen molar-refractivity contribution in [3.05, 3.63) is 58.1 Å². The summed E-state index contributed by atoms with van der Waals surface area (Å²) in [5, 5.41) is 18.7. The van der Waals surface area contributed by atoms with Gasteiger partial charge in [0.2, 0.25) is 0 Å². The fraction of sp³-hybridized carbons (Fsp3) is 0.318. The molecule has 0 saturated carbocycles. The maximum Gasteiger partial charge on any atom is 0.305 e. The number of carboxylic acids is 1. The Kier molecular flexibility index (Phi) is 5.74. The summed E-state index contributed by atoms with van der Waals surface area (Å²) in [5.41, 5.74) is 3.20. The molecule has 1 atom stereocenters. The minimum atomic E-state index is -1.00. The molecule has 1 aliphatic heterocycles. The predicted molar refractivity (Wildman–Crippen MR) is 105 cm³/mol. The topological polar surface area (TPSA) is 99.9 Å². The monoisotopic (exact) mass is 394 g/mol. The number of nitrogens with zero attached hydrogens (tertiary/aromatic N) is 2. The molecule has 0 aromatic heterocycles. The summed E-state index contributed by atoms with van der Waals surface area (Å²) in [6.45, 7) is 2.17. The normalized spacial score (nSPS) is 15.2. The van der Waals surface area contributed by atoms with Gasteiger partial charge in [0.05, 0.1) is 38.3 Å². The Labute approximate surface area is 169 Å². The minimum Gasteiger partial charge on any atom is -0.493 e. The van der Waals surface area contributed by atoms with E-state index in [0.717, 1.165) is 16.7 Å². The summed E-state index contributed by atoms with van der Waals surface area (Å²) < 4.78 is 10.7. The van der Waals surface area contributed by atoms with Crippen molar-refractivity contribution < 1.29 is 24.2 Å². The lowest BCUT2D eigenvalue weighted by Gasteiger charge is -2.37. The number of ether oxygens (including phenoxy) is 2. The van der Waals surface area contributed by atoms with Crippen LogP contribution in [0.3, 0.4) is 0 Å². The van der Waals surface area contributed by atoms with Crippen LogP contribution >= 0.6 is 0 Å². The molecule has 29 heavy (non-hydrogen) atoms. The zero-order chi connectivity index (χ0) is 21.1. The van der Waals surface area contributed by atoms with Gasteiger partial charge >= 0.3 is 5.97 Å². The van der Waals surface area contributed by atoms with Crippen molar-refractivity contribution in [3.63, 3.8) is 0 Å². The van der Waals surface area contributed by atoms with Crippen molar-refractivity contribution in [2.45, 2.75) is 25.8 Å². The van der Waals surface area contributed by atoms with Gasteiger partial charge in [-0.3, -0.25) is 9.59 Å². The van der Waals surface area contributed by atoms with Gasteiger partial charge in [-0.25, -0.2) is 0 Å². The second-order valence-electron chi connectivity index (χ2n) is 6.91. The zero-order valence-electron chi connectivity index (χ0n) is 16.6. The number of carbonyl (C=O) groups excluding carboxylic acids is 1. The number of aliphatic carboxylic acids is 1. The largest absolute Gasteiger partial charge is 0.493 e. The van der Waals surface area contributed by atoms with Crippen molar-refractivity contribution in [3.8, 4) is 17.6 Å². The predicted octanol–water partition coefficient (Wildman–Crippen LogP) is 3.10. The van der Waals surface area contributed by atoms with E-state index in [1.54, 1.807) is 43.2 Å². The third-order valence-electron chi connectivity index (χ3n) is 5.23. The van der Waals surface area contributed by atoms with Crippen molar-refractivity contribution in [2.75, 3.05) is 20.8 Å². The molecule has 150 valence electrons. The molecule has 0 radical (unpaired) electrons. The number of fused-ring (bicyclic) bond motifs is 1.